The van der Waals surface area contributed by atoms with Crippen LogP contribution in [0, 0.1) is 17.2 Å². The van der Waals surface area contributed by atoms with Gasteiger partial charge in [-0.05, 0) is 24.1 Å². The summed E-state index contributed by atoms with van der Waals surface area (Å²) in [4.78, 5) is 13.4. The number of anilines is 2. The fourth-order valence-electron chi connectivity index (χ4n) is 1.99. The van der Waals surface area contributed by atoms with Crippen molar-refractivity contribution < 1.29 is 4.79 Å². The van der Waals surface area contributed by atoms with Crippen molar-refractivity contribution in [1.29, 1.82) is 5.26 Å². The van der Waals surface area contributed by atoms with Crippen LogP contribution in [0.15, 0.2) is 18.2 Å². The Morgan fingerprint density at radius 1 is 1.59 bits per heavy atom. The van der Waals surface area contributed by atoms with E-state index in [1.807, 2.05) is 6.07 Å². The minimum atomic E-state index is 0.0343. The summed E-state index contributed by atoms with van der Waals surface area (Å²) in [6, 6.07) is 6.96. The molecule has 1 aliphatic rings. The highest BCUT2D eigenvalue weighted by Crippen LogP contribution is 2.30. The van der Waals surface area contributed by atoms with Crippen LogP contribution < -0.4 is 10.6 Å². The quantitative estimate of drug-likeness (QED) is 0.641. The minimum Gasteiger partial charge on any atom is -0.397 e. The van der Waals surface area contributed by atoms with E-state index >= 15 is 0 Å². The zero-order valence-corrected chi connectivity index (χ0v) is 9.94. The first-order chi connectivity index (χ1) is 8.15. The monoisotopic (exact) mass is 249 g/mol. The van der Waals surface area contributed by atoms with Crippen LogP contribution in [0.1, 0.15) is 12.0 Å². The lowest BCUT2D eigenvalue weighted by atomic mass is 10.1. The predicted molar refractivity (Wildman–Crippen MR) is 66.7 cm³/mol. The Morgan fingerprint density at radius 3 is 2.88 bits per heavy atom. The Kier molecular flexibility index (Phi) is 3.21. The molecule has 1 saturated heterocycles. The lowest BCUT2D eigenvalue weighted by molar-refractivity contribution is -0.117. The van der Waals surface area contributed by atoms with Crippen molar-refractivity contribution in [2.75, 3.05) is 23.1 Å². The Morgan fingerprint density at radius 2 is 2.35 bits per heavy atom. The molecule has 1 aromatic rings. The van der Waals surface area contributed by atoms with E-state index in [-0.39, 0.29) is 11.8 Å². The van der Waals surface area contributed by atoms with Gasteiger partial charge in [0.05, 0.1) is 23.0 Å². The normalized spacial score (nSPS) is 19.4. The molecule has 5 heteroatoms. The molecule has 0 radical (unpaired) electrons. The fraction of sp³-hybridized carbons (Fsp3) is 0.333. The second-order valence-corrected chi connectivity index (χ2v) is 4.42. The summed E-state index contributed by atoms with van der Waals surface area (Å²) in [6.07, 6.45) is 0.461. The first-order valence-electron chi connectivity index (χ1n) is 5.31. The molecule has 0 aliphatic carbocycles. The highest BCUT2D eigenvalue weighted by Gasteiger charge is 2.30. The molecular formula is C12H12ClN3O. The van der Waals surface area contributed by atoms with Crippen molar-refractivity contribution in [3.63, 3.8) is 0 Å². The molecule has 2 N–H and O–H groups in total. The number of nitrogens with zero attached hydrogens (tertiary/aromatic N) is 2. The van der Waals surface area contributed by atoms with E-state index in [4.69, 9.17) is 22.6 Å². The van der Waals surface area contributed by atoms with E-state index in [0.29, 0.717) is 35.8 Å². The standard InChI is InChI=1S/C12H12ClN3O/c13-5-9-4-12(17)16(7-9)11-2-1-8(6-14)3-10(11)15/h1-3,9H,4-5,7,15H2. The van der Waals surface area contributed by atoms with E-state index < -0.39 is 0 Å². The largest absolute Gasteiger partial charge is 0.397 e. The SMILES string of the molecule is N#Cc1ccc(N2CC(CCl)CC2=O)c(N)c1. The van der Waals surface area contributed by atoms with Crippen LogP contribution in [0.2, 0.25) is 0 Å². The molecule has 1 fully saturated rings. The summed E-state index contributed by atoms with van der Waals surface area (Å²) in [6.45, 7) is 0.596. The summed E-state index contributed by atoms with van der Waals surface area (Å²) in [5.41, 5.74) is 7.46. The fourth-order valence-corrected chi connectivity index (χ4v) is 2.19. The van der Waals surface area contributed by atoms with Crippen LogP contribution in [0.3, 0.4) is 0 Å². The number of alkyl halides is 1. The lowest BCUT2D eigenvalue weighted by Crippen LogP contribution is -2.25. The molecule has 1 aliphatic heterocycles. The smallest absolute Gasteiger partial charge is 0.227 e. The summed E-state index contributed by atoms with van der Waals surface area (Å²) in [5.74, 6) is 0.685. The van der Waals surface area contributed by atoms with Gasteiger partial charge in [-0.15, -0.1) is 11.6 Å². The number of nitriles is 1. The highest BCUT2D eigenvalue weighted by atomic mass is 35.5. The topological polar surface area (TPSA) is 70.1 Å². The third kappa shape index (κ3) is 2.20. The maximum atomic E-state index is 11.8. The zero-order valence-electron chi connectivity index (χ0n) is 9.19. The number of carbonyl (C=O) groups excluding carboxylic acids is 1. The van der Waals surface area contributed by atoms with Crippen LogP contribution in [0.4, 0.5) is 11.4 Å². The van der Waals surface area contributed by atoms with Crippen LogP contribution in [-0.2, 0) is 4.79 Å². The van der Waals surface area contributed by atoms with Crippen molar-refractivity contribution in [1.82, 2.24) is 0 Å². The summed E-state index contributed by atoms with van der Waals surface area (Å²) in [5, 5.41) is 8.75. The number of hydrogen-bond donors (Lipinski definition) is 1. The highest BCUT2D eigenvalue weighted by molar-refractivity contribution is 6.18. The van der Waals surface area contributed by atoms with Crippen LogP contribution >= 0.6 is 11.6 Å². The van der Waals surface area contributed by atoms with Crippen molar-refractivity contribution in [2.45, 2.75) is 6.42 Å². The number of benzene rings is 1. The van der Waals surface area contributed by atoms with Crippen molar-refractivity contribution in [3.8, 4) is 6.07 Å². The van der Waals surface area contributed by atoms with Gasteiger partial charge in [0.1, 0.15) is 0 Å². The molecule has 0 bridgehead atoms. The first kappa shape index (κ1) is 11.7. The van der Waals surface area contributed by atoms with Gasteiger partial charge in [0, 0.05) is 18.8 Å². The maximum absolute atomic E-state index is 11.8. The zero-order chi connectivity index (χ0) is 12.4. The Labute approximate surface area is 105 Å². The van der Waals surface area contributed by atoms with E-state index in [1.54, 1.807) is 23.1 Å². The molecule has 0 spiro atoms. The molecule has 4 nitrogen and oxygen atoms in total. The third-order valence-corrected chi connectivity index (χ3v) is 3.31. The van der Waals surface area contributed by atoms with Crippen LogP contribution in [-0.4, -0.2) is 18.3 Å². The second-order valence-electron chi connectivity index (χ2n) is 4.11. The molecule has 0 saturated carbocycles. The Hall–Kier alpha value is -1.73. The second kappa shape index (κ2) is 4.64. The molecule has 1 unspecified atom stereocenters. The van der Waals surface area contributed by atoms with Gasteiger partial charge in [0.25, 0.3) is 0 Å². The maximum Gasteiger partial charge on any atom is 0.227 e. The molecule has 1 aromatic carbocycles. The van der Waals surface area contributed by atoms with Crippen molar-refractivity contribution >= 4 is 28.9 Å². The van der Waals surface area contributed by atoms with Gasteiger partial charge >= 0.3 is 0 Å². The number of hydrogen-bond acceptors (Lipinski definition) is 3. The lowest BCUT2D eigenvalue weighted by Gasteiger charge is -2.18. The van der Waals surface area contributed by atoms with Gasteiger partial charge < -0.3 is 10.6 Å². The Balaban J connectivity index is 2.29. The molecule has 1 amide bonds. The Bertz CT molecular complexity index is 495. The number of nitrogen functional groups attached to an aromatic ring is 1. The van der Waals surface area contributed by atoms with Gasteiger partial charge in [-0.3, -0.25) is 4.79 Å². The van der Waals surface area contributed by atoms with Gasteiger partial charge in [-0.2, -0.15) is 5.26 Å². The molecule has 88 valence electrons. The molecule has 2 rings (SSSR count). The van der Waals surface area contributed by atoms with E-state index in [9.17, 15) is 4.79 Å². The molecule has 17 heavy (non-hydrogen) atoms. The number of nitrogens with two attached hydrogens (primary N) is 1. The molecule has 1 atom stereocenters. The number of carbonyl (C=O) groups is 1. The van der Waals surface area contributed by atoms with E-state index in [2.05, 4.69) is 0 Å². The predicted octanol–water partition coefficient (Wildman–Crippen LogP) is 1.73. The van der Waals surface area contributed by atoms with Crippen molar-refractivity contribution in [2.24, 2.45) is 5.92 Å². The average molecular weight is 250 g/mol. The minimum absolute atomic E-state index is 0.0343. The van der Waals surface area contributed by atoms with E-state index in [1.165, 1.54) is 0 Å². The summed E-state index contributed by atoms with van der Waals surface area (Å²) < 4.78 is 0. The van der Waals surface area contributed by atoms with Crippen LogP contribution in [0.5, 0.6) is 0 Å². The number of halogens is 1. The molecule has 0 aromatic heterocycles. The molecular weight excluding hydrogens is 238 g/mol. The average Bonchev–Trinajstić information content (AvgIpc) is 2.70. The first-order valence-corrected chi connectivity index (χ1v) is 5.85. The van der Waals surface area contributed by atoms with Crippen molar-refractivity contribution in [3.05, 3.63) is 23.8 Å². The van der Waals surface area contributed by atoms with Gasteiger partial charge in [0.2, 0.25) is 5.91 Å². The van der Waals surface area contributed by atoms with Gasteiger partial charge in [-0.25, -0.2) is 0 Å². The summed E-state index contributed by atoms with van der Waals surface area (Å²) >= 11 is 5.76. The van der Waals surface area contributed by atoms with Gasteiger partial charge in [0.15, 0.2) is 0 Å². The third-order valence-electron chi connectivity index (χ3n) is 2.87. The summed E-state index contributed by atoms with van der Waals surface area (Å²) in [7, 11) is 0. The van der Waals surface area contributed by atoms with E-state index in [0.717, 1.165) is 0 Å². The number of amides is 1. The number of rotatable bonds is 2. The molecule has 1 heterocycles. The van der Waals surface area contributed by atoms with Gasteiger partial charge in [-0.1, -0.05) is 0 Å². The van der Waals surface area contributed by atoms with Crippen LogP contribution in [0.25, 0.3) is 0 Å².